The molecule has 1 aliphatic heterocycles. The van der Waals surface area contributed by atoms with Gasteiger partial charge in [0.1, 0.15) is 5.37 Å². The lowest BCUT2D eigenvalue weighted by Crippen LogP contribution is -2.27. The number of hydrogen-bond donors (Lipinski definition) is 0. The van der Waals surface area contributed by atoms with Gasteiger partial charge >= 0.3 is 0 Å². The van der Waals surface area contributed by atoms with E-state index in [1.807, 2.05) is 29.2 Å². The zero-order chi connectivity index (χ0) is 14.8. The molecule has 2 nitrogen and oxygen atoms in total. The van der Waals surface area contributed by atoms with Crippen molar-refractivity contribution in [3.63, 3.8) is 0 Å². The summed E-state index contributed by atoms with van der Waals surface area (Å²) < 4.78 is 0. The number of rotatable bonds is 3. The lowest BCUT2D eigenvalue weighted by atomic mass is 10.2. The first kappa shape index (κ1) is 14.8. The molecule has 5 heteroatoms. The third kappa shape index (κ3) is 3.07. The van der Waals surface area contributed by atoms with E-state index in [1.54, 1.807) is 23.5 Å². The molecule has 2 aromatic rings. The minimum absolute atomic E-state index is 0.0366. The molecule has 0 N–H and O–H groups in total. The minimum atomic E-state index is 0.0366. The highest BCUT2D eigenvalue weighted by atomic mass is 35.5. The molecule has 0 saturated carbocycles. The lowest BCUT2D eigenvalue weighted by Gasteiger charge is -2.24. The van der Waals surface area contributed by atoms with Gasteiger partial charge in [0, 0.05) is 15.6 Å². The molecule has 0 aromatic heterocycles. The van der Waals surface area contributed by atoms with Crippen LogP contribution in [0.25, 0.3) is 0 Å². The van der Waals surface area contributed by atoms with Gasteiger partial charge in [0.15, 0.2) is 0 Å². The zero-order valence-electron chi connectivity index (χ0n) is 11.5. The van der Waals surface area contributed by atoms with E-state index in [9.17, 15) is 4.79 Å². The summed E-state index contributed by atoms with van der Waals surface area (Å²) in [5.41, 5.74) is 2.05. The van der Waals surface area contributed by atoms with Gasteiger partial charge in [-0.15, -0.1) is 23.5 Å². The number of nitrogens with zero attached hydrogens (tertiary/aromatic N) is 1. The van der Waals surface area contributed by atoms with Crippen LogP contribution in [0.15, 0.2) is 53.4 Å². The number of anilines is 1. The van der Waals surface area contributed by atoms with Gasteiger partial charge < -0.3 is 0 Å². The molecule has 0 radical (unpaired) electrons. The van der Waals surface area contributed by atoms with Crippen molar-refractivity contribution in [3.8, 4) is 0 Å². The Balaban J connectivity index is 1.93. The molecule has 21 heavy (non-hydrogen) atoms. The molecule has 108 valence electrons. The predicted octanol–water partition coefficient (Wildman–Crippen LogP) is 4.84. The van der Waals surface area contributed by atoms with Crippen LogP contribution in [-0.2, 0) is 4.79 Å². The summed E-state index contributed by atoms with van der Waals surface area (Å²) in [5.74, 6) is 0.652. The first-order chi connectivity index (χ1) is 10.2. The van der Waals surface area contributed by atoms with Gasteiger partial charge in [-0.1, -0.05) is 23.7 Å². The molecule has 1 unspecified atom stereocenters. The molecule has 3 rings (SSSR count). The van der Waals surface area contributed by atoms with Crippen LogP contribution in [0.5, 0.6) is 0 Å². The fourth-order valence-electron chi connectivity index (χ4n) is 2.32. The normalized spacial score (nSPS) is 18.3. The molecule has 0 aliphatic carbocycles. The molecule has 1 atom stereocenters. The second-order valence-electron chi connectivity index (χ2n) is 4.68. The maximum atomic E-state index is 12.2. The number of amides is 1. The summed E-state index contributed by atoms with van der Waals surface area (Å²) in [4.78, 5) is 15.3. The number of thioether (sulfide) groups is 2. The number of benzene rings is 2. The highest BCUT2D eigenvalue weighted by Gasteiger charge is 2.33. The number of carbonyl (C=O) groups is 1. The minimum Gasteiger partial charge on any atom is -0.295 e. The van der Waals surface area contributed by atoms with Crippen molar-refractivity contribution >= 4 is 46.7 Å². The van der Waals surface area contributed by atoms with Gasteiger partial charge in [-0.25, -0.2) is 0 Å². The molecular weight excluding hydrogens is 322 g/mol. The van der Waals surface area contributed by atoms with Crippen LogP contribution in [-0.4, -0.2) is 17.9 Å². The van der Waals surface area contributed by atoms with Crippen LogP contribution in [0.3, 0.4) is 0 Å². The Kier molecular flexibility index (Phi) is 4.48. The van der Waals surface area contributed by atoms with Crippen molar-refractivity contribution in [1.29, 1.82) is 0 Å². The molecule has 0 bridgehead atoms. The first-order valence-corrected chi connectivity index (χ1v) is 9.17. The molecule has 0 spiro atoms. The Morgan fingerprint density at radius 2 is 1.81 bits per heavy atom. The van der Waals surface area contributed by atoms with Gasteiger partial charge in [0.2, 0.25) is 5.91 Å². The smallest absolute Gasteiger partial charge is 0.238 e. The molecule has 2 aromatic carbocycles. The fraction of sp³-hybridized carbons (Fsp3) is 0.188. The van der Waals surface area contributed by atoms with Gasteiger partial charge in [-0.3, -0.25) is 9.69 Å². The Labute approximate surface area is 137 Å². The zero-order valence-corrected chi connectivity index (χ0v) is 13.8. The van der Waals surface area contributed by atoms with Crippen molar-refractivity contribution in [3.05, 3.63) is 59.1 Å². The standard InChI is InChI=1S/C16H14ClNOS2/c1-20-14-8-2-11(3-9-14)16-18(15(19)10-21-16)13-6-4-12(17)5-7-13/h2-9,16H,10H2,1H3. The van der Waals surface area contributed by atoms with Gasteiger partial charge in [-0.2, -0.15) is 0 Å². The molecule has 1 heterocycles. The summed E-state index contributed by atoms with van der Waals surface area (Å²) in [7, 11) is 0. The van der Waals surface area contributed by atoms with Crippen molar-refractivity contribution in [2.75, 3.05) is 16.9 Å². The Morgan fingerprint density at radius 1 is 1.14 bits per heavy atom. The maximum Gasteiger partial charge on any atom is 0.238 e. The summed E-state index contributed by atoms with van der Waals surface area (Å²) in [6, 6.07) is 15.8. The lowest BCUT2D eigenvalue weighted by molar-refractivity contribution is -0.115. The van der Waals surface area contributed by atoms with Crippen LogP contribution in [0.4, 0.5) is 5.69 Å². The van der Waals surface area contributed by atoms with E-state index in [0.717, 1.165) is 11.3 Å². The predicted molar refractivity (Wildman–Crippen MR) is 92.4 cm³/mol. The fourth-order valence-corrected chi connectivity index (χ4v) is 4.03. The molecule has 1 saturated heterocycles. The summed E-state index contributed by atoms with van der Waals surface area (Å²) >= 11 is 9.31. The van der Waals surface area contributed by atoms with Crippen LogP contribution < -0.4 is 4.90 Å². The third-order valence-electron chi connectivity index (χ3n) is 3.37. The molecular formula is C16H14ClNOS2. The quantitative estimate of drug-likeness (QED) is 0.748. The van der Waals surface area contributed by atoms with Crippen LogP contribution in [0, 0.1) is 0 Å². The summed E-state index contributed by atoms with van der Waals surface area (Å²) in [6.45, 7) is 0. The number of carbonyl (C=O) groups excluding carboxylic acids is 1. The van der Waals surface area contributed by atoms with E-state index >= 15 is 0 Å². The largest absolute Gasteiger partial charge is 0.295 e. The van der Waals surface area contributed by atoms with Gasteiger partial charge in [0.05, 0.1) is 5.75 Å². The molecule has 1 aliphatic rings. The van der Waals surface area contributed by atoms with E-state index in [4.69, 9.17) is 11.6 Å². The highest BCUT2D eigenvalue weighted by Crippen LogP contribution is 2.42. The van der Waals surface area contributed by atoms with E-state index in [1.165, 1.54) is 4.90 Å². The number of hydrogen-bond acceptors (Lipinski definition) is 3. The highest BCUT2D eigenvalue weighted by molar-refractivity contribution is 8.00. The van der Waals surface area contributed by atoms with Crippen molar-refractivity contribution in [1.82, 2.24) is 0 Å². The third-order valence-corrected chi connectivity index (χ3v) is 5.58. The molecule has 1 amide bonds. The van der Waals surface area contributed by atoms with E-state index in [-0.39, 0.29) is 11.3 Å². The van der Waals surface area contributed by atoms with Crippen LogP contribution in [0.2, 0.25) is 5.02 Å². The average molecular weight is 336 g/mol. The first-order valence-electron chi connectivity index (χ1n) is 6.52. The van der Waals surface area contributed by atoms with E-state index in [0.29, 0.717) is 10.8 Å². The summed E-state index contributed by atoms with van der Waals surface area (Å²) in [5, 5.41) is 0.716. The van der Waals surface area contributed by atoms with Gasteiger partial charge in [-0.05, 0) is 48.2 Å². The van der Waals surface area contributed by atoms with E-state index < -0.39 is 0 Å². The van der Waals surface area contributed by atoms with Crippen molar-refractivity contribution < 1.29 is 4.79 Å². The van der Waals surface area contributed by atoms with Gasteiger partial charge in [0.25, 0.3) is 0 Å². The summed E-state index contributed by atoms with van der Waals surface area (Å²) in [6.07, 6.45) is 2.06. The van der Waals surface area contributed by atoms with Crippen molar-refractivity contribution in [2.24, 2.45) is 0 Å². The maximum absolute atomic E-state index is 12.2. The van der Waals surface area contributed by atoms with Crippen LogP contribution in [0.1, 0.15) is 10.9 Å². The second kappa shape index (κ2) is 6.34. The van der Waals surface area contributed by atoms with Crippen LogP contribution >= 0.6 is 35.1 Å². The van der Waals surface area contributed by atoms with E-state index in [2.05, 4.69) is 30.5 Å². The topological polar surface area (TPSA) is 20.3 Å². The Bertz CT molecular complexity index is 642. The van der Waals surface area contributed by atoms with Crippen molar-refractivity contribution in [2.45, 2.75) is 10.3 Å². The second-order valence-corrected chi connectivity index (χ2v) is 7.06. The molecule has 1 fully saturated rings. The Morgan fingerprint density at radius 3 is 2.43 bits per heavy atom. The monoisotopic (exact) mass is 335 g/mol. The average Bonchev–Trinajstić information content (AvgIpc) is 2.90. The SMILES string of the molecule is CSc1ccc(C2SCC(=O)N2c2ccc(Cl)cc2)cc1. The number of halogens is 1. The Hall–Kier alpha value is -1.10.